The van der Waals surface area contributed by atoms with Crippen LogP contribution in [0, 0.1) is 11.8 Å². The van der Waals surface area contributed by atoms with Gasteiger partial charge < -0.3 is 25.4 Å². The lowest BCUT2D eigenvalue weighted by molar-refractivity contribution is -0.148. The fraction of sp³-hybridized carbons (Fsp3) is 0.306. The molecule has 8 heteroatoms. The summed E-state index contributed by atoms with van der Waals surface area (Å²) in [5.74, 6) is -2.74. The summed E-state index contributed by atoms with van der Waals surface area (Å²) in [7, 11) is 0. The van der Waals surface area contributed by atoms with Crippen LogP contribution in [-0.4, -0.2) is 51.6 Å². The van der Waals surface area contributed by atoms with Crippen molar-refractivity contribution >= 4 is 39.9 Å². The van der Waals surface area contributed by atoms with Gasteiger partial charge in [0.05, 0.1) is 30.1 Å². The molecule has 0 aliphatic carbocycles. The summed E-state index contributed by atoms with van der Waals surface area (Å²) in [6, 6.07) is 30.1. The van der Waals surface area contributed by atoms with E-state index in [-0.39, 0.29) is 11.8 Å². The summed E-state index contributed by atoms with van der Waals surface area (Å²) in [5.41, 5.74) is -0.181. The number of ether oxygens (including phenoxy) is 1. The van der Waals surface area contributed by atoms with Crippen molar-refractivity contribution in [1.82, 2.24) is 4.90 Å². The van der Waals surface area contributed by atoms with Crippen LogP contribution in [0.1, 0.15) is 37.8 Å². The molecule has 8 nitrogen and oxygen atoms in total. The van der Waals surface area contributed by atoms with Gasteiger partial charge in [-0.3, -0.25) is 14.4 Å². The molecule has 44 heavy (non-hydrogen) atoms. The van der Waals surface area contributed by atoms with Gasteiger partial charge >= 0.3 is 0 Å². The zero-order valence-corrected chi connectivity index (χ0v) is 24.5. The number of hydrogen-bond acceptors (Lipinski definition) is 5. The highest BCUT2D eigenvalue weighted by molar-refractivity contribution is 6.06. The number of carbonyl (C=O) groups excluding carboxylic acids is 3. The van der Waals surface area contributed by atoms with E-state index in [1.54, 1.807) is 12.1 Å². The number of nitrogens with zero attached hydrogens (tertiary/aromatic N) is 1. The van der Waals surface area contributed by atoms with Crippen LogP contribution in [0.25, 0.3) is 10.8 Å². The molecular formula is C36H35N3O5. The fourth-order valence-electron chi connectivity index (χ4n) is 7.94. The maximum atomic E-state index is 14.7. The van der Waals surface area contributed by atoms with Crippen molar-refractivity contribution in [3.05, 3.63) is 109 Å². The second kappa shape index (κ2) is 10.9. The van der Waals surface area contributed by atoms with E-state index < -0.39 is 47.6 Å². The van der Waals surface area contributed by atoms with E-state index in [0.717, 1.165) is 10.8 Å². The van der Waals surface area contributed by atoms with Gasteiger partial charge in [0, 0.05) is 11.4 Å². The Hall–Kier alpha value is -4.53. The highest BCUT2D eigenvalue weighted by Gasteiger charge is 2.79. The van der Waals surface area contributed by atoms with Gasteiger partial charge in [-0.15, -0.1) is 0 Å². The molecule has 224 valence electrons. The Kier molecular flexibility index (Phi) is 6.98. The number of rotatable bonds is 8. The van der Waals surface area contributed by atoms with Gasteiger partial charge in [0.15, 0.2) is 0 Å². The number of amides is 3. The summed E-state index contributed by atoms with van der Waals surface area (Å²) >= 11 is 0. The quantitative estimate of drug-likeness (QED) is 0.258. The van der Waals surface area contributed by atoms with E-state index in [9.17, 15) is 19.5 Å². The van der Waals surface area contributed by atoms with Crippen molar-refractivity contribution in [3.8, 4) is 0 Å². The third-order valence-electron chi connectivity index (χ3n) is 9.90. The van der Waals surface area contributed by atoms with Gasteiger partial charge in [0.2, 0.25) is 17.7 Å². The molecule has 1 spiro atoms. The Labute approximate surface area is 256 Å². The van der Waals surface area contributed by atoms with Crippen molar-refractivity contribution in [2.24, 2.45) is 11.8 Å². The molecule has 3 saturated heterocycles. The standard InChI is InChI=1S/C36H35N3O5/c1-2-35-19-20-36(44-35)30(29(35)32(41)37-26-15-7-4-8-16-26)34(43)39(28(22-40)24-12-5-3-6-13-24)31(36)33(42)38-27-18-17-23-11-9-10-14-25(23)21-27/h3-18,21,28-31,40H,2,19-20,22H2,1H3,(H,37,41)(H,38,42)/t28-,29-,30+,31?,35+,36?/m1/s1. The van der Waals surface area contributed by atoms with E-state index in [1.165, 1.54) is 4.90 Å². The van der Waals surface area contributed by atoms with E-state index in [4.69, 9.17) is 4.74 Å². The van der Waals surface area contributed by atoms with Gasteiger partial charge in [-0.05, 0) is 59.9 Å². The lowest BCUT2D eigenvalue weighted by Gasteiger charge is -2.37. The molecule has 3 aliphatic rings. The molecule has 6 atom stereocenters. The molecule has 2 unspecified atom stereocenters. The third-order valence-corrected chi connectivity index (χ3v) is 9.90. The largest absolute Gasteiger partial charge is 0.394 e. The molecule has 7 rings (SSSR count). The first kappa shape index (κ1) is 28.3. The van der Waals surface area contributed by atoms with E-state index in [2.05, 4.69) is 10.6 Å². The van der Waals surface area contributed by atoms with Crippen molar-refractivity contribution in [2.45, 2.75) is 49.5 Å². The molecule has 0 radical (unpaired) electrons. The van der Waals surface area contributed by atoms with E-state index in [1.807, 2.05) is 97.9 Å². The number of aliphatic hydroxyl groups excluding tert-OH is 1. The first-order valence-electron chi connectivity index (χ1n) is 15.2. The molecule has 0 saturated carbocycles. The molecule has 4 aromatic carbocycles. The molecule has 3 aliphatic heterocycles. The van der Waals surface area contributed by atoms with Crippen LogP contribution in [0.15, 0.2) is 103 Å². The van der Waals surface area contributed by atoms with Crippen LogP contribution < -0.4 is 10.6 Å². The Bertz CT molecular complexity index is 1730. The lowest BCUT2D eigenvalue weighted by atomic mass is 9.65. The topological polar surface area (TPSA) is 108 Å². The Morgan fingerprint density at radius 2 is 1.52 bits per heavy atom. The predicted molar refractivity (Wildman–Crippen MR) is 168 cm³/mol. The Morgan fingerprint density at radius 3 is 2.23 bits per heavy atom. The SMILES string of the molecule is CC[C@@]12CCC3(O1)C(C(=O)Nc1ccc4ccccc4c1)N([C@H](CO)c1ccccc1)C(=O)[C@@H]3[C@@H]2C(=O)Nc1ccccc1. The zero-order chi connectivity index (χ0) is 30.5. The first-order valence-corrected chi connectivity index (χ1v) is 15.2. The average molecular weight is 590 g/mol. The van der Waals surface area contributed by atoms with Gasteiger partial charge in [-0.25, -0.2) is 0 Å². The predicted octanol–water partition coefficient (Wildman–Crippen LogP) is 5.31. The first-order chi connectivity index (χ1) is 21.4. The summed E-state index contributed by atoms with van der Waals surface area (Å²) in [5, 5.41) is 18.8. The van der Waals surface area contributed by atoms with E-state index >= 15 is 0 Å². The number of hydrogen-bond donors (Lipinski definition) is 3. The Morgan fingerprint density at radius 1 is 0.864 bits per heavy atom. The third kappa shape index (κ3) is 4.31. The van der Waals surface area contributed by atoms with Gasteiger partial charge in [0.1, 0.15) is 11.6 Å². The average Bonchev–Trinajstić information content (AvgIpc) is 3.66. The molecule has 4 aromatic rings. The summed E-state index contributed by atoms with van der Waals surface area (Å²) in [6.07, 6.45) is 1.51. The van der Waals surface area contributed by atoms with Crippen LogP contribution >= 0.6 is 0 Å². The normalized spacial score (nSPS) is 27.7. The minimum absolute atomic E-state index is 0.297. The fourth-order valence-corrected chi connectivity index (χ4v) is 7.94. The second-order valence-electron chi connectivity index (χ2n) is 12.1. The second-order valence-corrected chi connectivity index (χ2v) is 12.1. The van der Waals surface area contributed by atoms with Gasteiger partial charge in [-0.2, -0.15) is 0 Å². The molecule has 3 fully saturated rings. The van der Waals surface area contributed by atoms with Crippen LogP contribution in [0.3, 0.4) is 0 Å². The Balaban J connectivity index is 1.31. The van der Waals surface area contributed by atoms with E-state index in [0.29, 0.717) is 36.2 Å². The van der Waals surface area contributed by atoms with Crippen LogP contribution in [0.5, 0.6) is 0 Å². The molecule has 3 N–H and O–H groups in total. The van der Waals surface area contributed by atoms with Crippen LogP contribution in [0.2, 0.25) is 0 Å². The molecule has 0 aromatic heterocycles. The maximum absolute atomic E-state index is 14.7. The van der Waals surface area contributed by atoms with Gasteiger partial charge in [-0.1, -0.05) is 85.8 Å². The van der Waals surface area contributed by atoms with Crippen LogP contribution in [-0.2, 0) is 19.1 Å². The minimum atomic E-state index is -1.23. The monoisotopic (exact) mass is 589 g/mol. The van der Waals surface area contributed by atoms with Crippen molar-refractivity contribution in [3.63, 3.8) is 0 Å². The number of likely N-dealkylation sites (tertiary alicyclic amines) is 1. The smallest absolute Gasteiger partial charge is 0.250 e. The summed E-state index contributed by atoms with van der Waals surface area (Å²) < 4.78 is 6.90. The minimum Gasteiger partial charge on any atom is -0.394 e. The molecule has 3 amide bonds. The van der Waals surface area contributed by atoms with Crippen molar-refractivity contribution in [1.29, 1.82) is 0 Å². The number of aliphatic hydroxyl groups is 1. The number of benzene rings is 4. The zero-order valence-electron chi connectivity index (χ0n) is 24.5. The number of nitrogens with one attached hydrogen (secondary N) is 2. The van der Waals surface area contributed by atoms with Crippen LogP contribution in [0.4, 0.5) is 11.4 Å². The summed E-state index contributed by atoms with van der Waals surface area (Å²) in [6.45, 7) is 1.58. The highest BCUT2D eigenvalue weighted by Crippen LogP contribution is 2.65. The summed E-state index contributed by atoms with van der Waals surface area (Å²) in [4.78, 5) is 44.7. The maximum Gasteiger partial charge on any atom is 0.250 e. The highest BCUT2D eigenvalue weighted by atomic mass is 16.5. The molecule has 2 bridgehead atoms. The molecule has 3 heterocycles. The van der Waals surface area contributed by atoms with Crippen molar-refractivity contribution < 1.29 is 24.2 Å². The van der Waals surface area contributed by atoms with Gasteiger partial charge in [0.25, 0.3) is 0 Å². The number of anilines is 2. The number of fused-ring (bicyclic) bond motifs is 2. The van der Waals surface area contributed by atoms with Crippen molar-refractivity contribution in [2.75, 3.05) is 17.2 Å². The number of para-hydroxylation sites is 1. The number of carbonyl (C=O) groups is 3. The molecular weight excluding hydrogens is 554 g/mol. The lowest BCUT2D eigenvalue weighted by Crippen LogP contribution is -2.54.